The van der Waals surface area contributed by atoms with E-state index >= 15 is 0 Å². The van der Waals surface area contributed by atoms with E-state index in [1.54, 1.807) is 18.2 Å². The van der Waals surface area contributed by atoms with Gasteiger partial charge in [0.2, 0.25) is 0 Å². The van der Waals surface area contributed by atoms with Crippen molar-refractivity contribution in [2.24, 2.45) is 17.4 Å². The highest BCUT2D eigenvalue weighted by Crippen LogP contribution is 2.28. The molecular formula is C14H23N3O3. The number of nitrogens with two attached hydrogens (primary N) is 2. The number of nitrogens with zero attached hydrogens (tertiary/aromatic N) is 1. The van der Waals surface area contributed by atoms with E-state index in [-0.39, 0.29) is 0 Å². The number of ether oxygens (including phenoxy) is 1. The highest BCUT2D eigenvalue weighted by atomic mass is 16.5. The van der Waals surface area contributed by atoms with Crippen LogP contribution in [0.2, 0.25) is 0 Å². The van der Waals surface area contributed by atoms with Crippen LogP contribution in [0.15, 0.2) is 23.9 Å². The number of hydrogen-bond acceptors (Lipinski definition) is 5. The van der Waals surface area contributed by atoms with Gasteiger partial charge in [0.25, 0.3) is 0 Å². The summed E-state index contributed by atoms with van der Waals surface area (Å²) in [5, 5.41) is 9.28. The molecule has 0 aromatic rings. The fourth-order valence-corrected chi connectivity index (χ4v) is 2.81. The first kappa shape index (κ1) is 15.0. The number of carboxylic acids is 1. The normalized spacial score (nSPS) is 31.1. The summed E-state index contributed by atoms with van der Waals surface area (Å²) in [7, 11) is 0. The second-order valence-corrected chi connectivity index (χ2v) is 5.49. The third-order valence-corrected chi connectivity index (χ3v) is 3.95. The van der Waals surface area contributed by atoms with Crippen LogP contribution in [0.3, 0.4) is 0 Å². The molecule has 0 amide bonds. The highest BCUT2D eigenvalue weighted by molar-refractivity contribution is 5.75. The van der Waals surface area contributed by atoms with Crippen LogP contribution in [-0.4, -0.2) is 54.4 Å². The largest absolute Gasteiger partial charge is 0.481 e. The topological polar surface area (TPSA) is 102 Å². The lowest BCUT2D eigenvalue weighted by atomic mass is 9.77. The maximum Gasteiger partial charge on any atom is 0.312 e. The van der Waals surface area contributed by atoms with E-state index in [0.29, 0.717) is 12.1 Å². The molecule has 6 heteroatoms. The summed E-state index contributed by atoms with van der Waals surface area (Å²) >= 11 is 0. The minimum absolute atomic E-state index is 0.538. The van der Waals surface area contributed by atoms with Gasteiger partial charge in [-0.2, -0.15) is 0 Å². The molecule has 1 aliphatic heterocycles. The second-order valence-electron chi connectivity index (χ2n) is 5.49. The molecule has 0 aromatic heterocycles. The van der Waals surface area contributed by atoms with Crippen molar-refractivity contribution in [2.75, 3.05) is 32.8 Å². The Morgan fingerprint density at radius 2 is 2.20 bits per heavy atom. The standard InChI is InChI=1S/C14H23N3O3/c15-11-2-3-12(13(18)19)14(16,10-11)4-1-5-17-6-8-20-9-7-17/h2-3,10,12H,1,4-9,15-16H2,(H,18,19). The van der Waals surface area contributed by atoms with Gasteiger partial charge in [0.05, 0.1) is 24.7 Å². The molecule has 2 atom stereocenters. The molecule has 1 saturated heterocycles. The Morgan fingerprint density at radius 3 is 2.85 bits per heavy atom. The fraction of sp³-hybridized carbons (Fsp3) is 0.643. The first-order valence-electron chi connectivity index (χ1n) is 6.99. The highest BCUT2D eigenvalue weighted by Gasteiger charge is 2.38. The van der Waals surface area contributed by atoms with Gasteiger partial charge in [0.1, 0.15) is 0 Å². The average molecular weight is 281 g/mol. The van der Waals surface area contributed by atoms with Gasteiger partial charge in [0.15, 0.2) is 0 Å². The second kappa shape index (κ2) is 6.39. The predicted molar refractivity (Wildman–Crippen MR) is 75.9 cm³/mol. The van der Waals surface area contributed by atoms with E-state index in [1.165, 1.54) is 0 Å². The summed E-state index contributed by atoms with van der Waals surface area (Å²) in [5.41, 5.74) is 11.7. The quantitative estimate of drug-likeness (QED) is 0.651. The molecule has 20 heavy (non-hydrogen) atoms. The number of morpholine rings is 1. The number of hydrogen-bond donors (Lipinski definition) is 3. The van der Waals surface area contributed by atoms with Crippen molar-refractivity contribution in [3.05, 3.63) is 23.9 Å². The van der Waals surface area contributed by atoms with Crippen LogP contribution in [0.5, 0.6) is 0 Å². The summed E-state index contributed by atoms with van der Waals surface area (Å²) in [6.45, 7) is 4.30. The maximum absolute atomic E-state index is 11.3. The summed E-state index contributed by atoms with van der Waals surface area (Å²) in [5.74, 6) is -1.61. The third-order valence-electron chi connectivity index (χ3n) is 3.95. The first-order valence-corrected chi connectivity index (χ1v) is 6.99. The summed E-state index contributed by atoms with van der Waals surface area (Å²) in [6.07, 6.45) is 6.34. The molecule has 0 aromatic carbocycles. The van der Waals surface area contributed by atoms with Crippen molar-refractivity contribution in [1.82, 2.24) is 4.90 Å². The Balaban J connectivity index is 1.91. The van der Waals surface area contributed by atoms with Gasteiger partial charge in [-0.1, -0.05) is 6.08 Å². The van der Waals surface area contributed by atoms with Crippen molar-refractivity contribution in [1.29, 1.82) is 0 Å². The van der Waals surface area contributed by atoms with Crippen molar-refractivity contribution in [3.8, 4) is 0 Å². The molecule has 1 aliphatic carbocycles. The maximum atomic E-state index is 11.3. The van der Waals surface area contributed by atoms with Gasteiger partial charge in [0, 0.05) is 18.8 Å². The van der Waals surface area contributed by atoms with Crippen molar-refractivity contribution >= 4 is 5.97 Å². The fourth-order valence-electron chi connectivity index (χ4n) is 2.81. The summed E-state index contributed by atoms with van der Waals surface area (Å²) < 4.78 is 5.30. The number of aliphatic carboxylic acids is 1. The smallest absolute Gasteiger partial charge is 0.312 e. The van der Waals surface area contributed by atoms with Gasteiger partial charge in [-0.05, 0) is 31.5 Å². The van der Waals surface area contributed by atoms with E-state index in [0.717, 1.165) is 39.3 Å². The van der Waals surface area contributed by atoms with Crippen molar-refractivity contribution in [2.45, 2.75) is 18.4 Å². The molecule has 112 valence electrons. The first-order chi connectivity index (χ1) is 9.51. The minimum atomic E-state index is -0.904. The number of carboxylic acid groups (broad SMARTS) is 1. The molecule has 0 spiro atoms. The molecule has 0 radical (unpaired) electrons. The van der Waals surface area contributed by atoms with Crippen LogP contribution < -0.4 is 11.5 Å². The number of rotatable bonds is 5. The van der Waals surface area contributed by atoms with E-state index in [4.69, 9.17) is 16.2 Å². The SMILES string of the molecule is NC1=CC(N)(CCCN2CCOCC2)C(C(=O)O)C=C1. The zero-order chi connectivity index (χ0) is 14.6. The van der Waals surface area contributed by atoms with Gasteiger partial charge in [-0.3, -0.25) is 9.69 Å². The van der Waals surface area contributed by atoms with Crippen LogP contribution in [0.25, 0.3) is 0 Å². The van der Waals surface area contributed by atoms with Gasteiger partial charge >= 0.3 is 5.97 Å². The van der Waals surface area contributed by atoms with Crippen LogP contribution in [0.1, 0.15) is 12.8 Å². The van der Waals surface area contributed by atoms with Crippen molar-refractivity contribution in [3.63, 3.8) is 0 Å². The summed E-state index contributed by atoms with van der Waals surface area (Å²) in [4.78, 5) is 13.6. The third kappa shape index (κ3) is 3.59. The lowest BCUT2D eigenvalue weighted by Gasteiger charge is -2.34. The van der Waals surface area contributed by atoms with Gasteiger partial charge in [-0.15, -0.1) is 0 Å². The Hall–Kier alpha value is -1.37. The lowest BCUT2D eigenvalue weighted by molar-refractivity contribution is -0.141. The molecule has 0 saturated carbocycles. The van der Waals surface area contributed by atoms with E-state index < -0.39 is 17.4 Å². The Kier molecular flexibility index (Phi) is 4.80. The molecule has 2 rings (SSSR count). The molecule has 2 aliphatic rings. The van der Waals surface area contributed by atoms with E-state index in [2.05, 4.69) is 4.90 Å². The predicted octanol–water partition coefficient (Wildman–Crippen LogP) is -0.0905. The monoisotopic (exact) mass is 281 g/mol. The molecule has 6 nitrogen and oxygen atoms in total. The molecular weight excluding hydrogens is 258 g/mol. The van der Waals surface area contributed by atoms with Crippen LogP contribution in [0, 0.1) is 5.92 Å². The molecule has 2 unspecified atom stereocenters. The van der Waals surface area contributed by atoms with E-state index in [1.807, 2.05) is 0 Å². The summed E-state index contributed by atoms with van der Waals surface area (Å²) in [6, 6.07) is 0. The molecule has 0 bridgehead atoms. The van der Waals surface area contributed by atoms with E-state index in [9.17, 15) is 9.90 Å². The Labute approximate surface area is 119 Å². The van der Waals surface area contributed by atoms with Crippen LogP contribution in [0.4, 0.5) is 0 Å². The molecule has 5 N–H and O–H groups in total. The minimum Gasteiger partial charge on any atom is -0.481 e. The number of carbonyl (C=O) groups is 1. The lowest BCUT2D eigenvalue weighted by Crippen LogP contribution is -2.50. The van der Waals surface area contributed by atoms with Gasteiger partial charge in [-0.25, -0.2) is 0 Å². The zero-order valence-electron chi connectivity index (χ0n) is 11.6. The molecule has 1 fully saturated rings. The molecule has 1 heterocycles. The van der Waals surface area contributed by atoms with Crippen LogP contribution >= 0.6 is 0 Å². The van der Waals surface area contributed by atoms with Crippen molar-refractivity contribution < 1.29 is 14.6 Å². The van der Waals surface area contributed by atoms with Crippen LogP contribution in [-0.2, 0) is 9.53 Å². The number of allylic oxidation sites excluding steroid dienone is 1. The average Bonchev–Trinajstić information content (AvgIpc) is 2.39. The zero-order valence-corrected chi connectivity index (χ0v) is 11.6. The van der Waals surface area contributed by atoms with Gasteiger partial charge < -0.3 is 21.3 Å². The Morgan fingerprint density at radius 1 is 1.50 bits per heavy atom. The Bertz CT molecular complexity index is 416.